The molecule has 0 fully saturated rings. The fourth-order valence-corrected chi connectivity index (χ4v) is 3.95. The summed E-state index contributed by atoms with van der Waals surface area (Å²) in [4.78, 5) is 16.8. The monoisotopic (exact) mass is 431 g/mol. The van der Waals surface area contributed by atoms with Crippen LogP contribution in [0.5, 0.6) is 0 Å². The number of alkyl halides is 3. The first-order valence-electron chi connectivity index (χ1n) is 7.38. The second kappa shape index (κ2) is 7.17. The molecule has 0 aliphatic rings. The van der Waals surface area contributed by atoms with Gasteiger partial charge in [0.15, 0.2) is 0 Å². The van der Waals surface area contributed by atoms with Crippen LogP contribution >= 0.6 is 27.3 Å². The Kier molecular flexibility index (Phi) is 5.14. The number of hydrogen-bond donors (Lipinski definition) is 1. The highest BCUT2D eigenvalue weighted by atomic mass is 79.9. The number of nitrogens with zero attached hydrogens (tertiary/aromatic N) is 2. The lowest BCUT2D eigenvalue weighted by Gasteiger charge is -2.11. The van der Waals surface area contributed by atoms with Crippen molar-refractivity contribution in [3.8, 4) is 0 Å². The van der Waals surface area contributed by atoms with Gasteiger partial charge in [0.05, 0.1) is 14.8 Å². The van der Waals surface area contributed by atoms with E-state index in [-0.39, 0.29) is 11.0 Å². The lowest BCUT2D eigenvalue weighted by atomic mass is 10.3. The van der Waals surface area contributed by atoms with Crippen LogP contribution in [0.3, 0.4) is 0 Å². The predicted octanol–water partition coefficient (Wildman–Crippen LogP) is 4.24. The van der Waals surface area contributed by atoms with E-state index >= 15 is 0 Å². The molecule has 25 heavy (non-hydrogen) atoms. The molecule has 0 aliphatic heterocycles. The Labute approximate surface area is 153 Å². The van der Waals surface area contributed by atoms with Gasteiger partial charge in [-0.05, 0) is 46.6 Å². The average molecular weight is 432 g/mol. The summed E-state index contributed by atoms with van der Waals surface area (Å²) in [5.74, 6) is -1.55. The van der Waals surface area contributed by atoms with Gasteiger partial charge in [0.25, 0.3) is 0 Å². The molecule has 3 rings (SSSR count). The van der Waals surface area contributed by atoms with Crippen molar-refractivity contribution in [2.75, 3.05) is 6.54 Å². The van der Waals surface area contributed by atoms with Gasteiger partial charge in [-0.3, -0.25) is 4.79 Å². The number of para-hydroxylation sites is 2. The summed E-state index contributed by atoms with van der Waals surface area (Å²) >= 11 is 4.91. The largest absolute Gasteiger partial charge is 0.449 e. The molecule has 0 unspecified atom stereocenters. The van der Waals surface area contributed by atoms with Crippen molar-refractivity contribution in [3.63, 3.8) is 0 Å². The van der Waals surface area contributed by atoms with Crippen LogP contribution in [-0.2, 0) is 23.9 Å². The third kappa shape index (κ3) is 4.21. The van der Waals surface area contributed by atoms with Gasteiger partial charge in [0.1, 0.15) is 6.54 Å². The Morgan fingerprint density at radius 1 is 1.24 bits per heavy atom. The number of benzene rings is 1. The van der Waals surface area contributed by atoms with Gasteiger partial charge in [-0.25, -0.2) is 4.98 Å². The maximum absolute atomic E-state index is 13.2. The minimum Gasteiger partial charge on any atom is -0.354 e. The average Bonchev–Trinajstić information content (AvgIpc) is 3.11. The fraction of sp³-hybridized carbons (Fsp3) is 0.250. The lowest BCUT2D eigenvalue weighted by Crippen LogP contribution is -2.30. The van der Waals surface area contributed by atoms with Crippen LogP contribution in [0.15, 0.2) is 40.2 Å². The Morgan fingerprint density at radius 3 is 2.68 bits per heavy atom. The molecule has 0 aliphatic carbocycles. The molecular weight excluding hydrogens is 419 g/mol. The number of fused-ring (bicyclic) bond motifs is 1. The third-order valence-corrected chi connectivity index (χ3v) is 5.22. The highest BCUT2D eigenvalue weighted by Gasteiger charge is 2.37. The molecule has 1 amide bonds. The van der Waals surface area contributed by atoms with E-state index in [0.717, 1.165) is 13.2 Å². The van der Waals surface area contributed by atoms with Crippen LogP contribution in [0.2, 0.25) is 0 Å². The van der Waals surface area contributed by atoms with Crippen LogP contribution in [0.1, 0.15) is 10.7 Å². The number of amides is 1. The quantitative estimate of drug-likeness (QED) is 0.656. The zero-order valence-corrected chi connectivity index (χ0v) is 15.2. The highest BCUT2D eigenvalue weighted by molar-refractivity contribution is 9.11. The second-order valence-corrected chi connectivity index (χ2v) is 7.86. The molecule has 2 heterocycles. The number of aromatic nitrogens is 2. The van der Waals surface area contributed by atoms with E-state index in [1.54, 1.807) is 23.5 Å². The highest BCUT2D eigenvalue weighted by Crippen LogP contribution is 2.31. The van der Waals surface area contributed by atoms with Crippen molar-refractivity contribution < 1.29 is 18.0 Å². The molecule has 3 aromatic rings. The Bertz CT molecular complexity index is 904. The predicted molar refractivity (Wildman–Crippen MR) is 93.5 cm³/mol. The number of carbonyl (C=O) groups is 1. The first-order chi connectivity index (χ1) is 11.8. The van der Waals surface area contributed by atoms with Gasteiger partial charge in [-0.15, -0.1) is 11.3 Å². The van der Waals surface area contributed by atoms with Crippen molar-refractivity contribution in [3.05, 3.63) is 50.9 Å². The molecule has 2 aromatic heterocycles. The normalized spacial score (nSPS) is 11.8. The van der Waals surface area contributed by atoms with E-state index in [1.165, 1.54) is 12.1 Å². The van der Waals surface area contributed by atoms with Crippen molar-refractivity contribution >= 4 is 44.2 Å². The van der Waals surface area contributed by atoms with E-state index in [0.29, 0.717) is 13.0 Å². The van der Waals surface area contributed by atoms with Crippen molar-refractivity contribution in [2.24, 2.45) is 0 Å². The Hall–Kier alpha value is -1.87. The number of nitrogens with one attached hydrogen (secondary N) is 1. The molecule has 4 nitrogen and oxygen atoms in total. The maximum Gasteiger partial charge on any atom is 0.449 e. The summed E-state index contributed by atoms with van der Waals surface area (Å²) in [6, 6.07) is 10.1. The fourth-order valence-electron chi connectivity index (χ4n) is 2.46. The second-order valence-electron chi connectivity index (χ2n) is 5.31. The number of imidazole rings is 1. The van der Waals surface area contributed by atoms with E-state index in [4.69, 9.17) is 0 Å². The minimum atomic E-state index is -4.62. The van der Waals surface area contributed by atoms with Crippen LogP contribution in [0.4, 0.5) is 13.2 Å². The number of carbonyl (C=O) groups excluding carboxylic acids is 1. The lowest BCUT2D eigenvalue weighted by molar-refractivity contribution is -0.147. The van der Waals surface area contributed by atoms with E-state index < -0.39 is 24.5 Å². The van der Waals surface area contributed by atoms with E-state index in [1.807, 2.05) is 12.1 Å². The van der Waals surface area contributed by atoms with Crippen molar-refractivity contribution in [1.29, 1.82) is 0 Å². The van der Waals surface area contributed by atoms with Crippen LogP contribution in [0, 0.1) is 0 Å². The standard InChI is InChI=1S/C16H13BrF3N3OS/c17-13-6-5-10(25-13)7-8-21-14(24)9-23-12-4-2-1-3-11(12)22-15(23)16(18,19)20/h1-6H,7-9H2,(H,21,24). The molecule has 9 heteroatoms. The van der Waals surface area contributed by atoms with Crippen LogP contribution in [0.25, 0.3) is 11.0 Å². The summed E-state index contributed by atoms with van der Waals surface area (Å²) in [5.41, 5.74) is 0.498. The summed E-state index contributed by atoms with van der Waals surface area (Å²) < 4.78 is 41.5. The molecule has 132 valence electrons. The van der Waals surface area contributed by atoms with Gasteiger partial charge < -0.3 is 9.88 Å². The van der Waals surface area contributed by atoms with Gasteiger partial charge in [-0.2, -0.15) is 13.2 Å². The molecule has 0 saturated carbocycles. The summed E-state index contributed by atoms with van der Waals surface area (Å²) in [7, 11) is 0. The molecular formula is C16H13BrF3N3OS. The maximum atomic E-state index is 13.2. The topological polar surface area (TPSA) is 46.9 Å². The molecule has 0 radical (unpaired) electrons. The van der Waals surface area contributed by atoms with Gasteiger partial charge >= 0.3 is 6.18 Å². The molecule has 0 spiro atoms. The van der Waals surface area contributed by atoms with Crippen LogP contribution in [-0.4, -0.2) is 22.0 Å². The summed E-state index contributed by atoms with van der Waals surface area (Å²) in [5, 5.41) is 2.66. The van der Waals surface area contributed by atoms with Crippen molar-refractivity contribution in [2.45, 2.75) is 19.1 Å². The first-order valence-corrected chi connectivity index (χ1v) is 8.99. The first kappa shape index (κ1) is 17.9. The molecule has 1 N–H and O–H groups in total. The number of hydrogen-bond acceptors (Lipinski definition) is 3. The Morgan fingerprint density at radius 2 is 2.00 bits per heavy atom. The van der Waals surface area contributed by atoms with Gasteiger partial charge in [-0.1, -0.05) is 12.1 Å². The number of halogens is 4. The molecule has 0 atom stereocenters. The molecule has 0 saturated heterocycles. The number of thiophene rings is 1. The summed E-state index contributed by atoms with van der Waals surface area (Å²) in [6.45, 7) is -0.0662. The van der Waals surface area contributed by atoms with Crippen LogP contribution < -0.4 is 5.32 Å². The van der Waals surface area contributed by atoms with Gasteiger partial charge in [0, 0.05) is 11.4 Å². The molecule has 1 aromatic carbocycles. The van der Waals surface area contributed by atoms with Crippen molar-refractivity contribution in [1.82, 2.24) is 14.9 Å². The molecule has 0 bridgehead atoms. The zero-order chi connectivity index (χ0) is 18.0. The van der Waals surface area contributed by atoms with Gasteiger partial charge in [0.2, 0.25) is 11.7 Å². The Balaban J connectivity index is 1.72. The smallest absolute Gasteiger partial charge is 0.354 e. The minimum absolute atomic E-state index is 0.214. The van der Waals surface area contributed by atoms with E-state index in [2.05, 4.69) is 26.2 Å². The SMILES string of the molecule is O=C(Cn1c(C(F)(F)F)nc2ccccc21)NCCc1ccc(Br)s1. The summed E-state index contributed by atoms with van der Waals surface area (Å²) in [6.07, 6.45) is -4.00. The third-order valence-electron chi connectivity index (χ3n) is 3.53. The zero-order valence-electron chi connectivity index (χ0n) is 12.8. The number of rotatable bonds is 5. The van der Waals surface area contributed by atoms with E-state index in [9.17, 15) is 18.0 Å².